The number of nitro benzene ring substituents is 1. The molecule has 100 valence electrons. The number of aromatic nitrogens is 2. The molecule has 0 spiro atoms. The van der Waals surface area contributed by atoms with Gasteiger partial charge in [-0.25, -0.2) is 4.98 Å². The molecule has 2 aromatic rings. The van der Waals surface area contributed by atoms with Gasteiger partial charge in [-0.1, -0.05) is 11.8 Å². The van der Waals surface area contributed by atoms with Crippen LogP contribution in [0.25, 0.3) is 0 Å². The second-order valence-electron chi connectivity index (χ2n) is 3.72. The fraction of sp³-hybridized carbons (Fsp3) is 0.182. The van der Waals surface area contributed by atoms with Crippen LogP contribution in [0.2, 0.25) is 0 Å². The summed E-state index contributed by atoms with van der Waals surface area (Å²) in [5.74, 6) is 0. The highest BCUT2D eigenvalue weighted by Crippen LogP contribution is 2.32. The van der Waals surface area contributed by atoms with E-state index in [4.69, 9.17) is 5.11 Å². The number of rotatable bonds is 4. The maximum atomic E-state index is 10.7. The van der Waals surface area contributed by atoms with E-state index in [2.05, 4.69) is 27.6 Å². The van der Waals surface area contributed by atoms with Gasteiger partial charge in [0.1, 0.15) is 0 Å². The van der Waals surface area contributed by atoms with Gasteiger partial charge in [0.05, 0.1) is 23.4 Å². The molecule has 0 saturated heterocycles. The highest BCUT2D eigenvalue weighted by atomic mass is 127. The van der Waals surface area contributed by atoms with Crippen LogP contribution in [0.1, 0.15) is 5.69 Å². The van der Waals surface area contributed by atoms with Gasteiger partial charge in [0.25, 0.3) is 5.69 Å². The van der Waals surface area contributed by atoms with Crippen LogP contribution in [0.5, 0.6) is 0 Å². The molecule has 6 nitrogen and oxygen atoms in total. The summed E-state index contributed by atoms with van der Waals surface area (Å²) in [6, 6.07) is 4.71. The van der Waals surface area contributed by atoms with Crippen molar-refractivity contribution in [3.05, 3.63) is 43.8 Å². The van der Waals surface area contributed by atoms with Crippen molar-refractivity contribution in [2.24, 2.45) is 7.05 Å². The average molecular weight is 391 g/mol. The normalized spacial score (nSPS) is 10.7. The van der Waals surface area contributed by atoms with Crippen molar-refractivity contribution in [2.75, 3.05) is 0 Å². The predicted octanol–water partition coefficient (Wildman–Crippen LogP) is 2.58. The Bertz CT molecular complexity index is 630. The van der Waals surface area contributed by atoms with E-state index in [1.54, 1.807) is 16.8 Å². The minimum Gasteiger partial charge on any atom is -0.390 e. The summed E-state index contributed by atoms with van der Waals surface area (Å²) >= 11 is 3.47. The van der Waals surface area contributed by atoms with E-state index in [0.717, 1.165) is 19.3 Å². The largest absolute Gasteiger partial charge is 0.390 e. The first-order chi connectivity index (χ1) is 9.02. The molecule has 1 aromatic carbocycles. The average Bonchev–Trinajstić information content (AvgIpc) is 2.72. The van der Waals surface area contributed by atoms with Crippen LogP contribution in [0.15, 0.2) is 34.4 Å². The van der Waals surface area contributed by atoms with Crippen molar-refractivity contribution in [1.82, 2.24) is 9.55 Å². The first-order valence-corrected chi connectivity index (χ1v) is 7.15. The van der Waals surface area contributed by atoms with Crippen molar-refractivity contribution in [3.8, 4) is 0 Å². The topological polar surface area (TPSA) is 81.2 Å². The maximum absolute atomic E-state index is 10.7. The number of nitro groups is 1. The number of halogens is 1. The number of non-ortho nitro benzene ring substituents is 1. The molecule has 0 aliphatic carbocycles. The van der Waals surface area contributed by atoms with Gasteiger partial charge in [-0.15, -0.1) is 0 Å². The maximum Gasteiger partial charge on any atom is 0.270 e. The van der Waals surface area contributed by atoms with Crippen LogP contribution >= 0.6 is 34.4 Å². The Labute approximate surface area is 127 Å². The number of hydrogen-bond acceptors (Lipinski definition) is 5. The molecular weight excluding hydrogens is 381 g/mol. The second kappa shape index (κ2) is 5.88. The Morgan fingerprint density at radius 2 is 2.32 bits per heavy atom. The lowest BCUT2D eigenvalue weighted by Gasteiger charge is -2.05. The fourth-order valence-electron chi connectivity index (χ4n) is 1.45. The Hall–Kier alpha value is -1.13. The molecule has 0 unspecified atom stereocenters. The number of aliphatic hydroxyl groups excluding tert-OH is 1. The molecule has 8 heteroatoms. The summed E-state index contributed by atoms with van der Waals surface area (Å²) in [5.41, 5.74) is 0.795. The van der Waals surface area contributed by atoms with E-state index in [1.165, 1.54) is 23.9 Å². The first-order valence-electron chi connectivity index (χ1n) is 5.26. The van der Waals surface area contributed by atoms with Crippen LogP contribution in [0.4, 0.5) is 5.69 Å². The minimum absolute atomic E-state index is 0.0680. The molecule has 0 amide bonds. The molecule has 1 heterocycles. The molecule has 1 aromatic heterocycles. The van der Waals surface area contributed by atoms with Gasteiger partial charge in [-0.2, -0.15) is 0 Å². The third-order valence-electron chi connectivity index (χ3n) is 2.53. The highest BCUT2D eigenvalue weighted by Gasteiger charge is 2.13. The highest BCUT2D eigenvalue weighted by molar-refractivity contribution is 14.1. The van der Waals surface area contributed by atoms with Crippen molar-refractivity contribution < 1.29 is 10.0 Å². The number of hydrogen-bond donors (Lipinski definition) is 1. The van der Waals surface area contributed by atoms with E-state index >= 15 is 0 Å². The molecule has 19 heavy (non-hydrogen) atoms. The summed E-state index contributed by atoms with van der Waals surface area (Å²) < 4.78 is 2.59. The summed E-state index contributed by atoms with van der Waals surface area (Å²) in [6.07, 6.45) is 1.61. The smallest absolute Gasteiger partial charge is 0.270 e. The number of imidazole rings is 1. The lowest BCUT2D eigenvalue weighted by molar-refractivity contribution is -0.385. The quantitative estimate of drug-likeness (QED) is 0.492. The molecule has 2 rings (SSSR count). The van der Waals surface area contributed by atoms with Gasteiger partial charge in [0.15, 0.2) is 5.16 Å². The fourth-order valence-corrected chi connectivity index (χ4v) is 3.13. The monoisotopic (exact) mass is 391 g/mol. The lowest BCUT2D eigenvalue weighted by Crippen LogP contribution is -1.97. The Balaban J connectivity index is 2.28. The van der Waals surface area contributed by atoms with Crippen LogP contribution < -0.4 is 0 Å². The molecule has 0 saturated carbocycles. The summed E-state index contributed by atoms with van der Waals surface area (Å²) in [4.78, 5) is 15.4. The van der Waals surface area contributed by atoms with Crippen LogP contribution in [0, 0.1) is 13.7 Å². The molecule has 0 bridgehead atoms. The number of benzene rings is 1. The van der Waals surface area contributed by atoms with E-state index in [0.29, 0.717) is 0 Å². The van der Waals surface area contributed by atoms with E-state index < -0.39 is 4.92 Å². The van der Waals surface area contributed by atoms with Gasteiger partial charge in [-0.05, 0) is 28.7 Å². The molecular formula is C11H10IN3O3S. The minimum atomic E-state index is -0.415. The molecule has 0 radical (unpaired) electrons. The van der Waals surface area contributed by atoms with E-state index in [1.807, 2.05) is 7.05 Å². The molecule has 0 aliphatic rings. The van der Waals surface area contributed by atoms with E-state index in [9.17, 15) is 10.1 Å². The molecule has 0 atom stereocenters. The van der Waals surface area contributed by atoms with Crippen LogP contribution in [0.3, 0.4) is 0 Å². The zero-order valence-corrected chi connectivity index (χ0v) is 12.9. The van der Waals surface area contributed by atoms with Crippen LogP contribution in [-0.4, -0.2) is 19.6 Å². The second-order valence-corrected chi connectivity index (χ2v) is 5.89. The Morgan fingerprint density at radius 3 is 2.84 bits per heavy atom. The van der Waals surface area contributed by atoms with Gasteiger partial charge < -0.3 is 9.67 Å². The summed E-state index contributed by atoms with van der Waals surface area (Å²) in [6.45, 7) is -0.0680. The third kappa shape index (κ3) is 3.07. The molecule has 0 fully saturated rings. The van der Waals surface area contributed by atoms with Gasteiger partial charge in [0, 0.05) is 27.6 Å². The third-order valence-corrected chi connectivity index (χ3v) is 4.93. The van der Waals surface area contributed by atoms with Crippen molar-refractivity contribution in [3.63, 3.8) is 0 Å². The summed E-state index contributed by atoms with van der Waals surface area (Å²) in [7, 11) is 1.82. The molecule has 1 N–H and O–H groups in total. The molecule has 0 aliphatic heterocycles. The van der Waals surface area contributed by atoms with E-state index in [-0.39, 0.29) is 12.3 Å². The SMILES string of the molecule is Cn1c(CO)cnc1Sc1ccc([N+](=O)[O-])cc1I. The zero-order chi connectivity index (χ0) is 14.0. The lowest BCUT2D eigenvalue weighted by atomic mass is 10.3. The zero-order valence-electron chi connectivity index (χ0n) is 9.91. The number of nitrogens with zero attached hydrogens (tertiary/aromatic N) is 3. The van der Waals surface area contributed by atoms with Gasteiger partial charge in [0.2, 0.25) is 0 Å². The predicted molar refractivity (Wildman–Crippen MR) is 79.1 cm³/mol. The van der Waals surface area contributed by atoms with Gasteiger partial charge >= 0.3 is 0 Å². The van der Waals surface area contributed by atoms with Gasteiger partial charge in [-0.3, -0.25) is 10.1 Å². The van der Waals surface area contributed by atoms with Crippen molar-refractivity contribution in [1.29, 1.82) is 0 Å². The van der Waals surface area contributed by atoms with Crippen molar-refractivity contribution in [2.45, 2.75) is 16.7 Å². The Kier molecular flexibility index (Phi) is 4.42. The Morgan fingerprint density at radius 1 is 1.58 bits per heavy atom. The standard InChI is InChI=1S/C11H10IN3O3S/c1-14-8(6-16)5-13-11(14)19-10-3-2-7(15(17)18)4-9(10)12/h2-5,16H,6H2,1H3. The first kappa shape index (κ1) is 14.3. The summed E-state index contributed by atoms with van der Waals surface area (Å²) in [5, 5.41) is 20.5. The van der Waals surface area contributed by atoms with Crippen LogP contribution in [-0.2, 0) is 13.7 Å². The number of aliphatic hydroxyl groups is 1. The van der Waals surface area contributed by atoms with Crippen molar-refractivity contribution >= 4 is 40.0 Å².